The molecule has 2 amide bonds. The molecule has 0 aromatic heterocycles. The third kappa shape index (κ3) is 5.67. The number of piperazine rings is 1. The van der Waals surface area contributed by atoms with Gasteiger partial charge in [0, 0.05) is 44.4 Å². The third-order valence-corrected chi connectivity index (χ3v) is 6.28. The highest BCUT2D eigenvalue weighted by Crippen LogP contribution is 2.14. The smallest absolute Gasteiger partial charge is 0.253 e. The van der Waals surface area contributed by atoms with Crippen molar-refractivity contribution < 1.29 is 18.0 Å². The van der Waals surface area contributed by atoms with Gasteiger partial charge in [0.25, 0.3) is 5.91 Å². The van der Waals surface area contributed by atoms with Gasteiger partial charge in [0.15, 0.2) is 9.84 Å². The van der Waals surface area contributed by atoms with Crippen molar-refractivity contribution in [1.29, 1.82) is 0 Å². The van der Waals surface area contributed by atoms with Crippen LogP contribution in [0.4, 0.5) is 0 Å². The Morgan fingerprint density at radius 3 is 2.03 bits per heavy atom. The van der Waals surface area contributed by atoms with Gasteiger partial charge in [0.2, 0.25) is 5.91 Å². The molecule has 0 saturated carbocycles. The highest BCUT2D eigenvalue weighted by atomic mass is 32.2. The summed E-state index contributed by atoms with van der Waals surface area (Å²) in [5.41, 5.74) is 1.69. The summed E-state index contributed by atoms with van der Waals surface area (Å²) >= 11 is 0. The molecule has 1 aliphatic rings. The van der Waals surface area contributed by atoms with Crippen LogP contribution in [0.5, 0.6) is 0 Å². The minimum Gasteiger partial charge on any atom is -0.339 e. The molecule has 2 aromatic carbocycles. The molecule has 0 N–H and O–H groups in total. The molecule has 0 unspecified atom stereocenters. The summed E-state index contributed by atoms with van der Waals surface area (Å²) < 4.78 is 23.1. The molecule has 1 heterocycles. The van der Waals surface area contributed by atoms with Crippen molar-refractivity contribution in [1.82, 2.24) is 9.80 Å². The molecule has 7 heteroatoms. The largest absolute Gasteiger partial charge is 0.339 e. The lowest BCUT2D eigenvalue weighted by molar-refractivity contribution is -0.132. The summed E-state index contributed by atoms with van der Waals surface area (Å²) in [6.07, 6.45) is 3.35. The third-order valence-electron chi connectivity index (χ3n) is 5.15. The van der Waals surface area contributed by atoms with Crippen LogP contribution in [-0.4, -0.2) is 62.5 Å². The minimum atomic E-state index is -3.28. The van der Waals surface area contributed by atoms with Crippen LogP contribution in [0.3, 0.4) is 0 Å². The fourth-order valence-electron chi connectivity index (χ4n) is 3.43. The molecule has 0 atom stereocenters. The summed E-state index contributed by atoms with van der Waals surface area (Å²) in [7, 11) is -3.28. The normalized spacial score (nSPS) is 14.7. The lowest BCUT2D eigenvalue weighted by atomic mass is 10.1. The van der Waals surface area contributed by atoms with Gasteiger partial charge in [-0.3, -0.25) is 9.59 Å². The number of nitrogens with zero attached hydrogens (tertiary/aromatic N) is 2. The fourth-order valence-corrected chi connectivity index (χ4v) is 4.06. The lowest BCUT2D eigenvalue weighted by Gasteiger charge is -2.35. The van der Waals surface area contributed by atoms with E-state index in [9.17, 15) is 18.0 Å². The van der Waals surface area contributed by atoms with E-state index in [1.165, 1.54) is 17.7 Å². The lowest BCUT2D eigenvalue weighted by Crippen LogP contribution is -2.50. The number of hydrogen-bond acceptors (Lipinski definition) is 4. The first-order valence-corrected chi connectivity index (χ1v) is 11.6. The van der Waals surface area contributed by atoms with Crippen molar-refractivity contribution in [2.24, 2.45) is 0 Å². The molecule has 1 saturated heterocycles. The predicted molar refractivity (Wildman–Crippen MR) is 111 cm³/mol. The number of hydrogen-bond donors (Lipinski definition) is 0. The quantitative estimate of drug-likeness (QED) is 0.727. The molecule has 0 bridgehead atoms. The van der Waals surface area contributed by atoms with Crippen LogP contribution in [0.15, 0.2) is 59.5 Å². The number of aryl methyl sites for hydroxylation is 1. The Kier molecular flexibility index (Phi) is 6.69. The average Bonchev–Trinajstić information content (AvgIpc) is 2.73. The summed E-state index contributed by atoms with van der Waals surface area (Å²) in [6, 6.07) is 16.1. The molecule has 3 rings (SSSR count). The van der Waals surface area contributed by atoms with Crippen molar-refractivity contribution in [3.63, 3.8) is 0 Å². The second-order valence-electron chi connectivity index (χ2n) is 7.31. The average molecular weight is 415 g/mol. The Morgan fingerprint density at radius 1 is 0.862 bits per heavy atom. The van der Waals surface area contributed by atoms with E-state index in [2.05, 4.69) is 12.1 Å². The van der Waals surface area contributed by atoms with Gasteiger partial charge < -0.3 is 9.80 Å². The standard InChI is InChI=1S/C22H26N2O4S/c1-29(27,28)20-12-10-19(11-13-20)22(26)24-16-14-23(15-17-24)21(25)9-5-8-18-6-3-2-4-7-18/h2-4,6-7,10-13H,5,8-9,14-17H2,1H3. The van der Waals surface area contributed by atoms with Gasteiger partial charge in [-0.25, -0.2) is 8.42 Å². The number of benzene rings is 2. The summed E-state index contributed by atoms with van der Waals surface area (Å²) in [4.78, 5) is 28.8. The van der Waals surface area contributed by atoms with Crippen LogP contribution < -0.4 is 0 Å². The second kappa shape index (κ2) is 9.22. The van der Waals surface area contributed by atoms with Gasteiger partial charge in [-0.2, -0.15) is 0 Å². The van der Waals surface area contributed by atoms with Crippen LogP contribution in [0.25, 0.3) is 0 Å². The van der Waals surface area contributed by atoms with Gasteiger partial charge >= 0.3 is 0 Å². The first kappa shape index (κ1) is 21.0. The Bertz CT molecular complexity index is 948. The maximum absolute atomic E-state index is 12.6. The van der Waals surface area contributed by atoms with E-state index in [0.29, 0.717) is 38.2 Å². The Hall–Kier alpha value is -2.67. The summed E-state index contributed by atoms with van der Waals surface area (Å²) in [5.74, 6) is -0.00763. The van der Waals surface area contributed by atoms with Crippen LogP contribution in [0, 0.1) is 0 Å². The van der Waals surface area contributed by atoms with Crippen LogP contribution in [0.1, 0.15) is 28.8 Å². The summed E-state index contributed by atoms with van der Waals surface area (Å²) in [5, 5.41) is 0. The molecule has 0 aliphatic carbocycles. The van der Waals surface area contributed by atoms with Gasteiger partial charge in [-0.15, -0.1) is 0 Å². The van der Waals surface area contributed by atoms with Crippen molar-refractivity contribution in [2.75, 3.05) is 32.4 Å². The molecule has 29 heavy (non-hydrogen) atoms. The minimum absolute atomic E-state index is 0.130. The van der Waals surface area contributed by atoms with Gasteiger partial charge in [0.05, 0.1) is 4.90 Å². The van der Waals surface area contributed by atoms with Crippen LogP contribution >= 0.6 is 0 Å². The van der Waals surface area contributed by atoms with Crippen LogP contribution in [-0.2, 0) is 21.1 Å². The Labute approximate surface area is 172 Å². The van der Waals surface area contributed by atoms with E-state index < -0.39 is 9.84 Å². The van der Waals surface area contributed by atoms with Gasteiger partial charge in [-0.05, 0) is 42.7 Å². The van der Waals surface area contributed by atoms with Crippen molar-refractivity contribution in [2.45, 2.75) is 24.2 Å². The number of sulfone groups is 1. The predicted octanol–water partition coefficient (Wildman–Crippen LogP) is 2.40. The fraction of sp³-hybridized carbons (Fsp3) is 0.364. The molecule has 0 radical (unpaired) electrons. The monoisotopic (exact) mass is 414 g/mol. The van der Waals surface area contributed by atoms with Crippen molar-refractivity contribution in [3.05, 3.63) is 65.7 Å². The van der Waals surface area contributed by atoms with Gasteiger partial charge in [0.1, 0.15) is 0 Å². The molecular formula is C22H26N2O4S. The number of carbonyl (C=O) groups is 2. The molecular weight excluding hydrogens is 388 g/mol. The van der Waals surface area contributed by atoms with E-state index in [-0.39, 0.29) is 16.7 Å². The molecule has 6 nitrogen and oxygen atoms in total. The number of amides is 2. The second-order valence-corrected chi connectivity index (χ2v) is 9.32. The van der Waals surface area contributed by atoms with E-state index in [1.807, 2.05) is 23.1 Å². The Balaban J connectivity index is 1.47. The number of carbonyl (C=O) groups excluding carboxylic acids is 2. The topological polar surface area (TPSA) is 74.8 Å². The maximum Gasteiger partial charge on any atom is 0.253 e. The van der Waals surface area contributed by atoms with Crippen molar-refractivity contribution in [3.8, 4) is 0 Å². The molecule has 154 valence electrons. The van der Waals surface area contributed by atoms with Gasteiger partial charge in [-0.1, -0.05) is 30.3 Å². The van der Waals surface area contributed by atoms with E-state index in [1.54, 1.807) is 17.0 Å². The molecule has 1 aliphatic heterocycles. The van der Waals surface area contributed by atoms with E-state index in [0.717, 1.165) is 19.1 Å². The summed E-state index contributed by atoms with van der Waals surface area (Å²) in [6.45, 7) is 2.02. The molecule has 1 fully saturated rings. The number of rotatable bonds is 6. The van der Waals surface area contributed by atoms with Crippen molar-refractivity contribution >= 4 is 21.7 Å². The zero-order chi connectivity index (χ0) is 20.9. The highest BCUT2D eigenvalue weighted by molar-refractivity contribution is 7.90. The molecule has 2 aromatic rings. The zero-order valence-electron chi connectivity index (χ0n) is 16.6. The van der Waals surface area contributed by atoms with E-state index >= 15 is 0 Å². The van der Waals surface area contributed by atoms with E-state index in [4.69, 9.17) is 0 Å². The zero-order valence-corrected chi connectivity index (χ0v) is 17.4. The SMILES string of the molecule is CS(=O)(=O)c1ccc(C(=O)N2CCN(C(=O)CCCc3ccccc3)CC2)cc1. The molecule has 0 spiro atoms. The maximum atomic E-state index is 12.6. The first-order valence-electron chi connectivity index (χ1n) is 9.76. The highest BCUT2D eigenvalue weighted by Gasteiger charge is 2.24. The Morgan fingerprint density at radius 2 is 1.45 bits per heavy atom. The first-order chi connectivity index (χ1) is 13.8. The van der Waals surface area contributed by atoms with Crippen LogP contribution in [0.2, 0.25) is 0 Å².